The second kappa shape index (κ2) is 2.91. The number of allylic oxidation sites excluding steroid dienone is 2. The monoisotopic (exact) mass is 180 g/mol. The van der Waals surface area contributed by atoms with Gasteiger partial charge in [-0.25, -0.2) is 4.79 Å². The van der Waals surface area contributed by atoms with Crippen LogP contribution in [0.2, 0.25) is 0 Å². The Balaban J connectivity index is 3.13. The number of carbonyl (C=O) groups is 1. The molecular formula is C10H16N2O. The molecule has 0 fully saturated rings. The minimum atomic E-state index is -0.199. The molecule has 0 spiro atoms. The van der Waals surface area contributed by atoms with Crippen molar-refractivity contribution >= 4 is 6.03 Å². The molecule has 0 saturated carbocycles. The lowest BCUT2D eigenvalue weighted by atomic mass is 9.83. The van der Waals surface area contributed by atoms with Gasteiger partial charge in [-0.2, -0.15) is 0 Å². The Morgan fingerprint density at radius 2 is 1.77 bits per heavy atom. The van der Waals surface area contributed by atoms with Crippen LogP contribution in [-0.4, -0.2) is 6.03 Å². The zero-order chi connectivity index (χ0) is 10.2. The highest BCUT2D eigenvalue weighted by Crippen LogP contribution is 2.32. The van der Waals surface area contributed by atoms with Crippen molar-refractivity contribution in [1.29, 1.82) is 0 Å². The summed E-state index contributed by atoms with van der Waals surface area (Å²) in [6.45, 7) is 12.0. The van der Waals surface area contributed by atoms with Crippen molar-refractivity contribution < 1.29 is 4.79 Å². The maximum atomic E-state index is 11.0. The van der Waals surface area contributed by atoms with E-state index in [0.717, 1.165) is 11.3 Å². The molecule has 0 unspecified atom stereocenters. The minimum Gasteiger partial charge on any atom is -0.311 e. The van der Waals surface area contributed by atoms with Gasteiger partial charge in [-0.05, 0) is 17.9 Å². The van der Waals surface area contributed by atoms with Gasteiger partial charge >= 0.3 is 6.03 Å². The number of rotatable bonds is 0. The molecule has 0 saturated heterocycles. The van der Waals surface area contributed by atoms with Crippen molar-refractivity contribution in [1.82, 2.24) is 10.6 Å². The van der Waals surface area contributed by atoms with Gasteiger partial charge in [0, 0.05) is 11.4 Å². The highest BCUT2D eigenvalue weighted by molar-refractivity contribution is 5.81. The first-order chi connectivity index (χ1) is 5.82. The lowest BCUT2D eigenvalue weighted by Gasteiger charge is -2.31. The van der Waals surface area contributed by atoms with E-state index in [1.807, 2.05) is 6.92 Å². The molecule has 72 valence electrons. The molecule has 0 aromatic heterocycles. The number of amides is 2. The molecule has 0 bridgehead atoms. The van der Waals surface area contributed by atoms with Crippen LogP contribution in [-0.2, 0) is 0 Å². The van der Waals surface area contributed by atoms with Gasteiger partial charge in [-0.1, -0.05) is 27.4 Å². The van der Waals surface area contributed by atoms with Crippen LogP contribution >= 0.6 is 0 Å². The number of hydrogen-bond acceptors (Lipinski definition) is 1. The van der Waals surface area contributed by atoms with Crippen molar-refractivity contribution in [3.05, 3.63) is 23.5 Å². The summed E-state index contributed by atoms with van der Waals surface area (Å²) in [5, 5.41) is 5.40. The number of urea groups is 1. The van der Waals surface area contributed by atoms with Crippen LogP contribution in [0.5, 0.6) is 0 Å². The summed E-state index contributed by atoms with van der Waals surface area (Å²) < 4.78 is 0. The van der Waals surface area contributed by atoms with E-state index in [1.54, 1.807) is 0 Å². The first kappa shape index (κ1) is 9.84. The molecule has 1 aliphatic heterocycles. The van der Waals surface area contributed by atoms with Crippen LogP contribution in [0.15, 0.2) is 23.5 Å². The lowest BCUT2D eigenvalue weighted by molar-refractivity contribution is 0.243. The predicted molar refractivity (Wildman–Crippen MR) is 53.0 cm³/mol. The molecule has 0 aromatic rings. The summed E-state index contributed by atoms with van der Waals surface area (Å²) in [4.78, 5) is 11.0. The fourth-order valence-corrected chi connectivity index (χ4v) is 1.71. The Bertz CT molecular complexity index is 295. The van der Waals surface area contributed by atoms with Gasteiger partial charge in [0.1, 0.15) is 0 Å². The molecule has 2 N–H and O–H groups in total. The van der Waals surface area contributed by atoms with E-state index < -0.39 is 0 Å². The molecule has 13 heavy (non-hydrogen) atoms. The van der Waals surface area contributed by atoms with Gasteiger partial charge in [0.2, 0.25) is 0 Å². The summed E-state index contributed by atoms with van der Waals surface area (Å²) in [6.07, 6.45) is 0. The fourth-order valence-electron chi connectivity index (χ4n) is 1.71. The van der Waals surface area contributed by atoms with Gasteiger partial charge in [0.05, 0.1) is 0 Å². The minimum absolute atomic E-state index is 0.00185. The summed E-state index contributed by atoms with van der Waals surface area (Å²) in [6, 6.07) is -0.199. The molecule has 1 heterocycles. The van der Waals surface area contributed by atoms with Gasteiger partial charge in [-0.15, -0.1) is 0 Å². The van der Waals surface area contributed by atoms with Gasteiger partial charge < -0.3 is 10.6 Å². The average molecular weight is 180 g/mol. The topological polar surface area (TPSA) is 41.1 Å². The highest BCUT2D eigenvalue weighted by atomic mass is 16.2. The van der Waals surface area contributed by atoms with E-state index >= 15 is 0 Å². The largest absolute Gasteiger partial charge is 0.323 e. The maximum absolute atomic E-state index is 11.0. The van der Waals surface area contributed by atoms with E-state index in [4.69, 9.17) is 0 Å². The molecule has 3 nitrogen and oxygen atoms in total. The standard InChI is InChI=1S/C10H16N2O/c1-6-8(10(3,4)5)7(2)12-9(13)11-6/h1H2,2-5H3,(H2,11,12,13). The Hall–Kier alpha value is -1.25. The maximum Gasteiger partial charge on any atom is 0.323 e. The van der Waals surface area contributed by atoms with Crippen LogP contribution in [0.3, 0.4) is 0 Å². The SMILES string of the molecule is C=C1NC(=O)NC(C)=C1C(C)(C)C. The Morgan fingerprint density at radius 3 is 2.15 bits per heavy atom. The second-order valence-electron chi connectivity index (χ2n) is 4.31. The lowest BCUT2D eigenvalue weighted by Crippen LogP contribution is -2.41. The molecular weight excluding hydrogens is 164 g/mol. The van der Waals surface area contributed by atoms with E-state index in [9.17, 15) is 4.79 Å². The first-order valence-corrected chi connectivity index (χ1v) is 4.31. The first-order valence-electron chi connectivity index (χ1n) is 4.31. The van der Waals surface area contributed by atoms with Crippen molar-refractivity contribution in [3.63, 3.8) is 0 Å². The van der Waals surface area contributed by atoms with Gasteiger partial charge in [0.15, 0.2) is 0 Å². The third-order valence-corrected chi connectivity index (χ3v) is 1.99. The van der Waals surface area contributed by atoms with Gasteiger partial charge in [-0.3, -0.25) is 0 Å². The Labute approximate surface area is 78.9 Å². The average Bonchev–Trinajstić information content (AvgIpc) is 1.78. The number of nitrogens with one attached hydrogen (secondary N) is 2. The van der Waals surface area contributed by atoms with Crippen molar-refractivity contribution in [2.45, 2.75) is 27.7 Å². The molecule has 1 aliphatic rings. The molecule has 0 atom stereocenters. The van der Waals surface area contributed by atoms with E-state index in [1.165, 1.54) is 0 Å². The Kier molecular flexibility index (Phi) is 2.20. The summed E-state index contributed by atoms with van der Waals surface area (Å²) in [5.41, 5.74) is 2.67. The molecule has 0 aromatic carbocycles. The summed E-state index contributed by atoms with van der Waals surface area (Å²) >= 11 is 0. The second-order valence-corrected chi connectivity index (χ2v) is 4.31. The fraction of sp³-hybridized carbons (Fsp3) is 0.500. The highest BCUT2D eigenvalue weighted by Gasteiger charge is 2.27. The quantitative estimate of drug-likeness (QED) is 0.589. The van der Waals surface area contributed by atoms with Crippen LogP contribution in [0.25, 0.3) is 0 Å². The van der Waals surface area contributed by atoms with Gasteiger partial charge in [0.25, 0.3) is 0 Å². The van der Waals surface area contributed by atoms with Crippen LogP contribution in [0, 0.1) is 5.41 Å². The summed E-state index contributed by atoms with van der Waals surface area (Å²) in [7, 11) is 0. The zero-order valence-electron chi connectivity index (χ0n) is 8.62. The number of carbonyl (C=O) groups excluding carboxylic acids is 1. The molecule has 0 radical (unpaired) electrons. The van der Waals surface area contributed by atoms with E-state index in [-0.39, 0.29) is 11.4 Å². The van der Waals surface area contributed by atoms with Crippen molar-refractivity contribution in [2.75, 3.05) is 0 Å². The third kappa shape index (κ3) is 1.91. The summed E-state index contributed by atoms with van der Waals surface area (Å²) in [5.74, 6) is 0. The smallest absolute Gasteiger partial charge is 0.311 e. The number of hydrogen-bond donors (Lipinski definition) is 2. The van der Waals surface area contributed by atoms with Crippen LogP contribution < -0.4 is 10.6 Å². The molecule has 1 rings (SSSR count). The molecule has 0 aliphatic carbocycles. The van der Waals surface area contributed by atoms with E-state index in [2.05, 4.69) is 38.0 Å². The molecule has 2 amide bonds. The zero-order valence-corrected chi connectivity index (χ0v) is 8.62. The van der Waals surface area contributed by atoms with Crippen molar-refractivity contribution in [3.8, 4) is 0 Å². The third-order valence-electron chi connectivity index (χ3n) is 1.99. The van der Waals surface area contributed by atoms with Crippen LogP contribution in [0.4, 0.5) is 4.79 Å². The normalized spacial score (nSPS) is 18.5. The predicted octanol–water partition coefficient (Wildman–Crippen LogP) is 2.13. The van der Waals surface area contributed by atoms with Crippen LogP contribution in [0.1, 0.15) is 27.7 Å². The van der Waals surface area contributed by atoms with Crippen molar-refractivity contribution in [2.24, 2.45) is 5.41 Å². The van der Waals surface area contributed by atoms with E-state index in [0.29, 0.717) is 5.70 Å². The Morgan fingerprint density at radius 1 is 1.23 bits per heavy atom. The molecule has 3 heteroatoms.